The Morgan fingerprint density at radius 1 is 1.33 bits per heavy atom. The number of piperazine rings is 1. The van der Waals surface area contributed by atoms with Crippen LogP contribution in [0.4, 0.5) is 4.79 Å². The number of carbonyl (C=O) groups is 2. The van der Waals surface area contributed by atoms with Gasteiger partial charge in [-0.05, 0) is 39.1 Å². The van der Waals surface area contributed by atoms with E-state index in [2.05, 4.69) is 0 Å². The molecule has 6 heteroatoms. The Balaban J connectivity index is 1.96. The Labute approximate surface area is 129 Å². The van der Waals surface area contributed by atoms with Crippen molar-refractivity contribution in [3.8, 4) is 0 Å². The van der Waals surface area contributed by atoms with Crippen LogP contribution < -0.4 is 0 Å². The van der Waals surface area contributed by atoms with Crippen molar-refractivity contribution in [1.82, 2.24) is 9.80 Å². The van der Waals surface area contributed by atoms with Gasteiger partial charge in [-0.1, -0.05) is 6.07 Å². The minimum absolute atomic E-state index is 0.0131. The summed E-state index contributed by atoms with van der Waals surface area (Å²) < 4.78 is 5.38. The third-order valence-corrected chi connectivity index (χ3v) is 4.13. The first-order valence-corrected chi connectivity index (χ1v) is 7.98. The lowest BCUT2D eigenvalue weighted by Gasteiger charge is -2.40. The number of carbonyl (C=O) groups excluding carboxylic acids is 2. The molecule has 0 aliphatic carbocycles. The summed E-state index contributed by atoms with van der Waals surface area (Å²) in [4.78, 5) is 28.7. The molecule has 1 aliphatic heterocycles. The fraction of sp³-hybridized carbons (Fsp3) is 0.600. The van der Waals surface area contributed by atoms with E-state index >= 15 is 0 Å². The second-order valence-corrected chi connectivity index (χ2v) is 7.20. The van der Waals surface area contributed by atoms with Crippen LogP contribution in [0.3, 0.4) is 0 Å². The first-order chi connectivity index (χ1) is 9.78. The van der Waals surface area contributed by atoms with Crippen molar-refractivity contribution in [2.24, 2.45) is 0 Å². The maximum atomic E-state index is 12.4. The molecule has 2 heterocycles. The first-order valence-electron chi connectivity index (χ1n) is 7.10. The van der Waals surface area contributed by atoms with Gasteiger partial charge in [0.2, 0.25) is 0 Å². The highest BCUT2D eigenvalue weighted by Gasteiger charge is 2.32. The number of hydrogen-bond acceptors (Lipinski definition) is 4. The standard InChI is InChI=1S/C15H22N2O3S/c1-11-10-16(14(19)20-15(2,3)4)7-8-17(11)13(18)12-6-5-9-21-12/h5-6,9,11H,7-8,10H2,1-4H3/t11-/m0/s1. The summed E-state index contributed by atoms with van der Waals surface area (Å²) in [5.74, 6) is 0.0429. The molecule has 116 valence electrons. The van der Waals surface area contributed by atoms with Crippen molar-refractivity contribution >= 4 is 23.3 Å². The van der Waals surface area contributed by atoms with Gasteiger partial charge in [0.25, 0.3) is 5.91 Å². The van der Waals surface area contributed by atoms with Crippen molar-refractivity contribution in [2.75, 3.05) is 19.6 Å². The van der Waals surface area contributed by atoms with Crippen LogP contribution in [0.15, 0.2) is 17.5 Å². The van der Waals surface area contributed by atoms with Crippen LogP contribution in [0.1, 0.15) is 37.4 Å². The molecule has 1 atom stereocenters. The first kappa shape index (κ1) is 15.8. The number of amides is 2. The van der Waals surface area contributed by atoms with Gasteiger partial charge in [-0.15, -0.1) is 11.3 Å². The van der Waals surface area contributed by atoms with Crippen LogP contribution in [-0.4, -0.2) is 53.1 Å². The zero-order valence-corrected chi connectivity index (χ0v) is 13.8. The lowest BCUT2D eigenvalue weighted by molar-refractivity contribution is 0.00626. The van der Waals surface area contributed by atoms with Crippen molar-refractivity contribution in [3.63, 3.8) is 0 Å². The SMILES string of the molecule is C[C@H]1CN(C(=O)OC(C)(C)C)CCN1C(=O)c1cccs1. The van der Waals surface area contributed by atoms with Gasteiger partial charge in [0.1, 0.15) is 5.60 Å². The molecule has 21 heavy (non-hydrogen) atoms. The van der Waals surface area contributed by atoms with Gasteiger partial charge >= 0.3 is 6.09 Å². The summed E-state index contributed by atoms with van der Waals surface area (Å²) in [5, 5.41) is 1.90. The van der Waals surface area contributed by atoms with E-state index in [9.17, 15) is 9.59 Å². The summed E-state index contributed by atoms with van der Waals surface area (Å²) >= 11 is 1.45. The van der Waals surface area contributed by atoms with E-state index in [1.54, 1.807) is 4.90 Å². The maximum absolute atomic E-state index is 12.4. The van der Waals surface area contributed by atoms with Crippen LogP contribution >= 0.6 is 11.3 Å². The zero-order chi connectivity index (χ0) is 15.6. The topological polar surface area (TPSA) is 49.9 Å². The lowest BCUT2D eigenvalue weighted by atomic mass is 10.2. The minimum Gasteiger partial charge on any atom is -0.444 e. The van der Waals surface area contributed by atoms with E-state index < -0.39 is 5.60 Å². The molecule has 1 saturated heterocycles. The molecule has 0 N–H and O–H groups in total. The highest BCUT2D eigenvalue weighted by Crippen LogP contribution is 2.19. The van der Waals surface area contributed by atoms with E-state index in [-0.39, 0.29) is 18.0 Å². The quantitative estimate of drug-likeness (QED) is 0.801. The lowest BCUT2D eigenvalue weighted by Crippen LogP contribution is -2.56. The van der Waals surface area contributed by atoms with Crippen LogP contribution in [0, 0.1) is 0 Å². The second-order valence-electron chi connectivity index (χ2n) is 6.25. The van der Waals surface area contributed by atoms with Crippen molar-refractivity contribution in [2.45, 2.75) is 39.3 Å². The summed E-state index contributed by atoms with van der Waals surface area (Å²) in [6.45, 7) is 9.07. The fourth-order valence-corrected chi connectivity index (χ4v) is 2.97. The molecular formula is C15H22N2O3S. The van der Waals surface area contributed by atoms with E-state index in [1.165, 1.54) is 11.3 Å². The Kier molecular flexibility index (Phi) is 4.56. The van der Waals surface area contributed by atoms with Crippen LogP contribution in [0.25, 0.3) is 0 Å². The molecule has 0 aromatic carbocycles. The highest BCUT2D eigenvalue weighted by atomic mass is 32.1. The van der Waals surface area contributed by atoms with E-state index in [0.717, 1.165) is 4.88 Å². The molecule has 2 amide bonds. The Hall–Kier alpha value is -1.56. The predicted octanol–water partition coefficient (Wildman–Crippen LogP) is 2.83. The maximum Gasteiger partial charge on any atom is 0.410 e. The number of hydrogen-bond donors (Lipinski definition) is 0. The zero-order valence-electron chi connectivity index (χ0n) is 13.0. The summed E-state index contributed by atoms with van der Waals surface area (Å²) in [7, 11) is 0. The second kappa shape index (κ2) is 6.05. The van der Waals surface area contributed by atoms with Crippen molar-refractivity contribution in [1.29, 1.82) is 0 Å². The van der Waals surface area contributed by atoms with Gasteiger partial charge in [0.15, 0.2) is 0 Å². The smallest absolute Gasteiger partial charge is 0.410 e. The molecule has 0 unspecified atom stereocenters. The van der Waals surface area contributed by atoms with E-state index in [1.807, 2.05) is 50.1 Å². The fourth-order valence-electron chi connectivity index (χ4n) is 2.29. The molecule has 0 radical (unpaired) electrons. The summed E-state index contributed by atoms with van der Waals surface area (Å²) in [5.41, 5.74) is -0.496. The molecule has 1 aromatic heterocycles. The van der Waals surface area contributed by atoms with Gasteiger partial charge in [0.05, 0.1) is 4.88 Å². The number of nitrogens with zero attached hydrogens (tertiary/aromatic N) is 2. The molecule has 1 aliphatic rings. The normalized spacial score (nSPS) is 19.5. The van der Waals surface area contributed by atoms with Crippen LogP contribution in [0.5, 0.6) is 0 Å². The van der Waals surface area contributed by atoms with Gasteiger partial charge in [-0.25, -0.2) is 4.79 Å². The molecular weight excluding hydrogens is 288 g/mol. The Morgan fingerprint density at radius 2 is 2.05 bits per heavy atom. The Morgan fingerprint density at radius 3 is 2.57 bits per heavy atom. The van der Waals surface area contributed by atoms with E-state index in [4.69, 9.17) is 4.74 Å². The highest BCUT2D eigenvalue weighted by molar-refractivity contribution is 7.12. The molecule has 5 nitrogen and oxygen atoms in total. The molecule has 0 bridgehead atoms. The summed E-state index contributed by atoms with van der Waals surface area (Å²) in [6.07, 6.45) is -0.308. The van der Waals surface area contributed by atoms with Gasteiger partial charge in [-0.3, -0.25) is 4.79 Å². The third kappa shape index (κ3) is 3.97. The summed E-state index contributed by atoms with van der Waals surface area (Å²) in [6, 6.07) is 3.69. The van der Waals surface area contributed by atoms with Gasteiger partial charge in [0, 0.05) is 25.7 Å². The molecule has 2 rings (SSSR count). The molecule has 0 saturated carbocycles. The monoisotopic (exact) mass is 310 g/mol. The average Bonchev–Trinajstić information content (AvgIpc) is 2.89. The minimum atomic E-state index is -0.496. The molecule has 1 aromatic rings. The van der Waals surface area contributed by atoms with Gasteiger partial charge in [-0.2, -0.15) is 0 Å². The van der Waals surface area contributed by atoms with Crippen molar-refractivity contribution in [3.05, 3.63) is 22.4 Å². The number of rotatable bonds is 1. The Bertz CT molecular complexity index is 507. The predicted molar refractivity (Wildman–Crippen MR) is 82.6 cm³/mol. The van der Waals surface area contributed by atoms with E-state index in [0.29, 0.717) is 19.6 Å². The molecule has 0 spiro atoms. The van der Waals surface area contributed by atoms with Crippen LogP contribution in [0.2, 0.25) is 0 Å². The third-order valence-electron chi connectivity index (χ3n) is 3.27. The van der Waals surface area contributed by atoms with Gasteiger partial charge < -0.3 is 14.5 Å². The number of thiophene rings is 1. The number of ether oxygens (including phenoxy) is 1. The van der Waals surface area contributed by atoms with Crippen molar-refractivity contribution < 1.29 is 14.3 Å². The molecule has 1 fully saturated rings. The average molecular weight is 310 g/mol. The van der Waals surface area contributed by atoms with Crippen LogP contribution in [-0.2, 0) is 4.74 Å². The largest absolute Gasteiger partial charge is 0.444 e.